The van der Waals surface area contributed by atoms with Crippen LogP contribution in [0.15, 0.2) is 4.36 Å². The molecule has 0 atom stereocenters. The third-order valence-corrected chi connectivity index (χ3v) is 0.865. The Kier molecular flexibility index (Phi) is 5.20. The average Bonchev–Trinajstić information content (AvgIpc) is 1.85. The Labute approximate surface area is 56.5 Å². The van der Waals surface area contributed by atoms with Crippen molar-refractivity contribution < 1.29 is 13.7 Å². The number of carbonyl (C=O) groups is 1. The second-order valence-corrected chi connectivity index (χ2v) is 1.71. The molecule has 5 heteroatoms. The molecule has 0 rings (SSSR count). The summed E-state index contributed by atoms with van der Waals surface area (Å²) in [6, 6.07) is 0. The summed E-state index contributed by atoms with van der Waals surface area (Å²) in [5.41, 5.74) is 0. The van der Waals surface area contributed by atoms with E-state index in [9.17, 15) is 9.00 Å². The van der Waals surface area contributed by atoms with Crippen molar-refractivity contribution in [1.29, 1.82) is 0 Å². The molecule has 0 unspecified atom stereocenters. The van der Waals surface area contributed by atoms with Crippen LogP contribution >= 0.6 is 0 Å². The first-order valence-electron chi connectivity index (χ1n) is 2.50. The molecule has 0 bridgehead atoms. The van der Waals surface area contributed by atoms with E-state index in [-0.39, 0.29) is 6.54 Å². The summed E-state index contributed by atoms with van der Waals surface area (Å²) < 4.78 is 17.5. The zero-order chi connectivity index (χ0) is 7.11. The molecule has 0 spiro atoms. The van der Waals surface area contributed by atoms with Gasteiger partial charge >= 0.3 is 5.97 Å². The van der Waals surface area contributed by atoms with Crippen molar-refractivity contribution in [3.8, 4) is 0 Å². The number of ether oxygens (including phenoxy) is 1. The normalized spacial score (nSPS) is 9.89. The second-order valence-electron chi connectivity index (χ2n) is 1.21. The molecule has 4 nitrogen and oxygen atoms in total. The average molecular weight is 151 g/mol. The van der Waals surface area contributed by atoms with Crippen LogP contribution in [0.1, 0.15) is 6.92 Å². The lowest BCUT2D eigenvalue weighted by Gasteiger charge is -1.94. The molecule has 0 aromatic carbocycles. The predicted molar refractivity (Wildman–Crippen MR) is 34.9 cm³/mol. The summed E-state index contributed by atoms with van der Waals surface area (Å²) in [7, 11) is 0. The van der Waals surface area contributed by atoms with E-state index in [2.05, 4.69) is 9.10 Å². The topological polar surface area (TPSA) is 55.7 Å². The zero-order valence-corrected chi connectivity index (χ0v) is 6.09. The molecule has 0 heterocycles. The van der Waals surface area contributed by atoms with Gasteiger partial charge in [-0.2, -0.15) is 0 Å². The van der Waals surface area contributed by atoms with Crippen LogP contribution in [0.25, 0.3) is 0 Å². The Hall–Kier alpha value is -0.580. The molecule has 9 heavy (non-hydrogen) atoms. The Bertz CT molecular complexity index is 141. The maximum absolute atomic E-state index is 10.4. The number of hydrogen-bond donors (Lipinski definition) is 0. The van der Waals surface area contributed by atoms with Crippen molar-refractivity contribution in [1.82, 2.24) is 0 Å². The molecule has 54 valence electrons. The third kappa shape index (κ3) is 5.29. The minimum Gasteiger partial charge on any atom is -0.465 e. The van der Waals surface area contributed by atoms with Crippen molar-refractivity contribution in [2.75, 3.05) is 13.2 Å². The molecule has 0 saturated carbocycles. The van der Waals surface area contributed by atoms with Crippen LogP contribution in [0.2, 0.25) is 0 Å². The van der Waals surface area contributed by atoms with Gasteiger partial charge < -0.3 is 4.74 Å². The number of esters is 1. The summed E-state index contributed by atoms with van der Waals surface area (Å²) >= 11 is -0.771. The SMILES string of the molecule is CCOC(=O)CN=[SH2]=O. The van der Waals surface area contributed by atoms with Gasteiger partial charge in [-0.3, -0.25) is 9.00 Å². The molecule has 0 aliphatic heterocycles. The Morgan fingerprint density at radius 2 is 2.44 bits per heavy atom. The van der Waals surface area contributed by atoms with Crippen molar-refractivity contribution in [2.45, 2.75) is 6.92 Å². The van der Waals surface area contributed by atoms with Gasteiger partial charge in [0.25, 0.3) is 0 Å². The van der Waals surface area contributed by atoms with Crippen LogP contribution in [0.4, 0.5) is 0 Å². The van der Waals surface area contributed by atoms with E-state index in [1.165, 1.54) is 0 Å². The summed E-state index contributed by atoms with van der Waals surface area (Å²) in [6.45, 7) is 1.95. The van der Waals surface area contributed by atoms with E-state index in [4.69, 9.17) is 0 Å². The molecule has 0 aromatic heterocycles. The second kappa shape index (κ2) is 5.55. The Morgan fingerprint density at radius 3 is 2.89 bits per heavy atom. The molecular weight excluding hydrogens is 142 g/mol. The number of hydrogen-bond acceptors (Lipinski definition) is 4. The summed E-state index contributed by atoms with van der Waals surface area (Å²) in [5.74, 6) is -0.430. The molecular formula is C4H9NO3S. The largest absolute Gasteiger partial charge is 0.465 e. The van der Waals surface area contributed by atoms with Crippen molar-refractivity contribution in [3.63, 3.8) is 0 Å². The van der Waals surface area contributed by atoms with Crippen LogP contribution in [0, 0.1) is 0 Å². The van der Waals surface area contributed by atoms with Crippen LogP contribution in [0.5, 0.6) is 0 Å². The quantitative estimate of drug-likeness (QED) is 0.507. The van der Waals surface area contributed by atoms with Gasteiger partial charge in [0.1, 0.15) is 6.54 Å². The fourth-order valence-corrected chi connectivity index (χ4v) is 0.497. The lowest BCUT2D eigenvalue weighted by atomic mass is 10.7. The van der Waals surface area contributed by atoms with E-state index in [0.29, 0.717) is 6.61 Å². The van der Waals surface area contributed by atoms with Gasteiger partial charge in [0.2, 0.25) is 0 Å². The van der Waals surface area contributed by atoms with E-state index < -0.39 is 17.4 Å². The number of rotatable bonds is 3. The summed E-state index contributed by atoms with van der Waals surface area (Å²) in [6.07, 6.45) is 0. The molecule has 0 radical (unpaired) electrons. The van der Waals surface area contributed by atoms with Crippen LogP contribution in [-0.4, -0.2) is 23.3 Å². The first-order chi connectivity index (χ1) is 4.31. The van der Waals surface area contributed by atoms with Crippen molar-refractivity contribution >= 4 is 17.4 Å². The van der Waals surface area contributed by atoms with Gasteiger partial charge in [0.05, 0.1) is 6.61 Å². The maximum atomic E-state index is 10.4. The van der Waals surface area contributed by atoms with Crippen LogP contribution in [-0.2, 0) is 21.0 Å². The van der Waals surface area contributed by atoms with Crippen molar-refractivity contribution in [3.05, 3.63) is 0 Å². The fraction of sp³-hybridized carbons (Fsp3) is 0.750. The van der Waals surface area contributed by atoms with E-state index in [1.54, 1.807) is 6.92 Å². The minimum atomic E-state index is -0.771. The van der Waals surface area contributed by atoms with Gasteiger partial charge in [-0.25, -0.2) is 4.36 Å². The molecule has 0 aromatic rings. The standard InChI is InChI=1S/C4H9NO3S/c1-2-8-4(6)3-5-9-7/h2-3,9H2,1H3. The highest BCUT2D eigenvalue weighted by molar-refractivity contribution is 7.54. The van der Waals surface area contributed by atoms with Gasteiger partial charge in [0.15, 0.2) is 0 Å². The molecule has 0 aliphatic rings. The van der Waals surface area contributed by atoms with Crippen LogP contribution < -0.4 is 0 Å². The Morgan fingerprint density at radius 1 is 1.78 bits per heavy atom. The lowest BCUT2D eigenvalue weighted by Crippen LogP contribution is -2.06. The molecule has 0 saturated heterocycles. The minimum absolute atomic E-state index is 0.101. The maximum Gasteiger partial charge on any atom is 0.328 e. The Balaban J connectivity index is 3.38. The van der Waals surface area contributed by atoms with Gasteiger partial charge in [-0.15, -0.1) is 0 Å². The van der Waals surface area contributed by atoms with Gasteiger partial charge in [-0.1, -0.05) is 0 Å². The highest BCUT2D eigenvalue weighted by atomic mass is 32.1. The summed E-state index contributed by atoms with van der Waals surface area (Å²) in [4.78, 5) is 10.4. The monoisotopic (exact) mass is 151 g/mol. The highest BCUT2D eigenvalue weighted by Gasteiger charge is 1.95. The smallest absolute Gasteiger partial charge is 0.328 e. The molecule has 0 aliphatic carbocycles. The highest BCUT2D eigenvalue weighted by Crippen LogP contribution is 1.77. The molecule has 0 N–H and O–H groups in total. The van der Waals surface area contributed by atoms with E-state index in [1.807, 2.05) is 0 Å². The van der Waals surface area contributed by atoms with Gasteiger partial charge in [0, 0.05) is 11.5 Å². The first-order valence-corrected chi connectivity index (χ1v) is 3.36. The lowest BCUT2D eigenvalue weighted by molar-refractivity contribution is -0.141. The van der Waals surface area contributed by atoms with E-state index >= 15 is 0 Å². The van der Waals surface area contributed by atoms with Gasteiger partial charge in [-0.05, 0) is 6.92 Å². The predicted octanol–water partition coefficient (Wildman–Crippen LogP) is -0.589. The number of carbonyl (C=O) groups excluding carboxylic acids is 1. The first kappa shape index (κ1) is 8.42. The van der Waals surface area contributed by atoms with Crippen LogP contribution in [0.3, 0.4) is 0 Å². The van der Waals surface area contributed by atoms with E-state index in [0.717, 1.165) is 0 Å². The van der Waals surface area contributed by atoms with Crippen molar-refractivity contribution in [2.24, 2.45) is 4.36 Å². The fourth-order valence-electron chi connectivity index (χ4n) is 0.303. The zero-order valence-electron chi connectivity index (χ0n) is 5.09. The third-order valence-electron chi connectivity index (χ3n) is 0.578. The number of nitrogens with zero attached hydrogens (tertiary/aromatic N) is 1. The summed E-state index contributed by atoms with van der Waals surface area (Å²) in [5, 5.41) is 0. The molecule has 0 amide bonds. The molecule has 0 fully saturated rings.